The van der Waals surface area contributed by atoms with E-state index < -0.39 is 5.97 Å². The van der Waals surface area contributed by atoms with Crippen molar-refractivity contribution in [3.63, 3.8) is 0 Å². The van der Waals surface area contributed by atoms with Gasteiger partial charge in [0.15, 0.2) is 0 Å². The largest absolute Gasteiger partial charge is 0.491 e. The van der Waals surface area contributed by atoms with Crippen molar-refractivity contribution in [2.75, 3.05) is 13.2 Å². The molecule has 0 aromatic heterocycles. The van der Waals surface area contributed by atoms with E-state index in [-0.39, 0.29) is 18.5 Å². The minimum atomic E-state index is -0.861. The quantitative estimate of drug-likeness (QED) is 0.699. The number of carboxylic acid groups (broad SMARTS) is 1. The zero-order valence-corrected chi connectivity index (χ0v) is 10.4. The molecule has 0 fully saturated rings. The van der Waals surface area contributed by atoms with Crippen LogP contribution in [0.15, 0.2) is 24.3 Å². The maximum Gasteiger partial charge on any atom is 0.315 e. The average Bonchev–Trinajstić information content (AvgIpc) is 2.78. The van der Waals surface area contributed by atoms with Gasteiger partial charge in [-0.1, -0.05) is 18.2 Å². The van der Waals surface area contributed by atoms with Crippen LogP contribution in [0.4, 0.5) is 4.79 Å². The van der Waals surface area contributed by atoms with Crippen LogP contribution in [0.3, 0.4) is 0 Å². The van der Waals surface area contributed by atoms with E-state index in [1.54, 1.807) is 0 Å². The number of nitrogens with one attached hydrogen (secondary N) is 2. The summed E-state index contributed by atoms with van der Waals surface area (Å²) in [5.41, 5.74) is 0.961. The number of carboxylic acids is 1. The number of carbonyl (C=O) groups excluding carboxylic acids is 1. The Morgan fingerprint density at radius 3 is 2.95 bits per heavy atom. The molecule has 0 aliphatic carbocycles. The van der Waals surface area contributed by atoms with Crippen LogP contribution in [0, 0.1) is 0 Å². The highest BCUT2D eigenvalue weighted by Gasteiger charge is 2.24. The predicted octanol–water partition coefficient (Wildman–Crippen LogP) is 1.28. The average molecular weight is 264 g/mol. The Hall–Kier alpha value is -2.24. The predicted molar refractivity (Wildman–Crippen MR) is 68.1 cm³/mol. The molecule has 6 nitrogen and oxygen atoms in total. The van der Waals surface area contributed by atoms with Gasteiger partial charge in [-0.25, -0.2) is 4.79 Å². The molecule has 0 radical (unpaired) electrons. The van der Waals surface area contributed by atoms with E-state index in [1.165, 1.54) is 0 Å². The molecule has 6 heteroatoms. The standard InChI is InChI=1S/C13H16N2O4/c16-12(17)6-3-7-14-13(18)15-10-8-19-11-5-2-1-4-9(10)11/h1-2,4-5,10H,3,6-8H2,(H,16,17)(H2,14,15,18). The van der Waals surface area contributed by atoms with Crippen LogP contribution in [0.2, 0.25) is 0 Å². The van der Waals surface area contributed by atoms with E-state index in [0.29, 0.717) is 19.6 Å². The molecule has 2 rings (SSSR count). The van der Waals surface area contributed by atoms with E-state index in [1.807, 2.05) is 24.3 Å². The number of benzene rings is 1. The summed E-state index contributed by atoms with van der Waals surface area (Å²) in [6.45, 7) is 0.759. The Morgan fingerprint density at radius 1 is 1.37 bits per heavy atom. The fraction of sp³-hybridized carbons (Fsp3) is 0.385. The molecule has 0 saturated carbocycles. The molecule has 1 aliphatic heterocycles. The molecule has 19 heavy (non-hydrogen) atoms. The molecule has 1 aromatic carbocycles. The molecule has 1 unspecified atom stereocenters. The molecule has 3 N–H and O–H groups in total. The van der Waals surface area contributed by atoms with Crippen molar-refractivity contribution in [3.8, 4) is 5.75 Å². The molecule has 102 valence electrons. The van der Waals surface area contributed by atoms with Gasteiger partial charge in [0.25, 0.3) is 0 Å². The number of rotatable bonds is 5. The summed E-state index contributed by atoms with van der Waals surface area (Å²) in [7, 11) is 0. The van der Waals surface area contributed by atoms with Crippen molar-refractivity contribution < 1.29 is 19.4 Å². The molecule has 1 atom stereocenters. The molecule has 0 saturated heterocycles. The third-order valence-electron chi connectivity index (χ3n) is 2.86. The number of para-hydroxylation sites is 1. The summed E-state index contributed by atoms with van der Waals surface area (Å²) in [5, 5.41) is 13.9. The maximum absolute atomic E-state index is 11.6. The molecule has 1 aromatic rings. The molecule has 1 heterocycles. The van der Waals surface area contributed by atoms with Crippen LogP contribution in [0.25, 0.3) is 0 Å². The Morgan fingerprint density at radius 2 is 2.16 bits per heavy atom. The highest BCUT2D eigenvalue weighted by atomic mass is 16.5. The second kappa shape index (κ2) is 6.08. The first kappa shape index (κ1) is 13.2. The van der Waals surface area contributed by atoms with Crippen molar-refractivity contribution in [1.82, 2.24) is 10.6 Å². The lowest BCUT2D eigenvalue weighted by Crippen LogP contribution is -2.39. The summed E-state index contributed by atoms with van der Waals surface area (Å²) in [6.07, 6.45) is 0.468. The van der Waals surface area contributed by atoms with E-state index in [4.69, 9.17) is 9.84 Å². The first-order valence-corrected chi connectivity index (χ1v) is 6.14. The van der Waals surface area contributed by atoms with Gasteiger partial charge in [0.05, 0.1) is 6.04 Å². The van der Waals surface area contributed by atoms with Crippen LogP contribution in [-0.2, 0) is 4.79 Å². The summed E-state index contributed by atoms with van der Waals surface area (Å²) in [6, 6.07) is 7.09. The van der Waals surface area contributed by atoms with Gasteiger partial charge in [-0.2, -0.15) is 0 Å². The molecule has 2 amide bonds. The zero-order chi connectivity index (χ0) is 13.7. The minimum Gasteiger partial charge on any atom is -0.491 e. The molecule has 0 bridgehead atoms. The van der Waals surface area contributed by atoms with Crippen LogP contribution in [-0.4, -0.2) is 30.3 Å². The summed E-state index contributed by atoms with van der Waals surface area (Å²) in [4.78, 5) is 21.9. The number of urea groups is 1. The Balaban J connectivity index is 1.76. The van der Waals surface area contributed by atoms with Gasteiger partial charge in [-0.15, -0.1) is 0 Å². The second-order valence-corrected chi connectivity index (χ2v) is 4.30. The van der Waals surface area contributed by atoms with Gasteiger partial charge in [0.1, 0.15) is 12.4 Å². The van der Waals surface area contributed by atoms with Gasteiger partial charge in [-0.3, -0.25) is 4.79 Å². The lowest BCUT2D eigenvalue weighted by molar-refractivity contribution is -0.137. The first-order valence-electron chi connectivity index (χ1n) is 6.14. The van der Waals surface area contributed by atoms with Gasteiger partial charge in [0, 0.05) is 18.5 Å². The Kier molecular flexibility index (Phi) is 4.22. The van der Waals surface area contributed by atoms with Crippen molar-refractivity contribution in [3.05, 3.63) is 29.8 Å². The van der Waals surface area contributed by atoms with E-state index in [0.717, 1.165) is 11.3 Å². The highest BCUT2D eigenvalue weighted by Crippen LogP contribution is 2.31. The van der Waals surface area contributed by atoms with Gasteiger partial charge >= 0.3 is 12.0 Å². The van der Waals surface area contributed by atoms with Crippen molar-refractivity contribution in [2.24, 2.45) is 0 Å². The first-order chi connectivity index (χ1) is 9.16. The number of fused-ring (bicyclic) bond motifs is 1. The van der Waals surface area contributed by atoms with Gasteiger partial charge in [-0.05, 0) is 12.5 Å². The SMILES string of the molecule is O=C(O)CCCNC(=O)NC1COc2ccccc21. The van der Waals surface area contributed by atoms with Crippen LogP contribution < -0.4 is 15.4 Å². The monoisotopic (exact) mass is 264 g/mol. The molecular weight excluding hydrogens is 248 g/mol. The summed E-state index contributed by atoms with van der Waals surface area (Å²) >= 11 is 0. The van der Waals surface area contributed by atoms with E-state index >= 15 is 0 Å². The Labute approximate surface area is 110 Å². The lowest BCUT2D eigenvalue weighted by atomic mass is 10.1. The third kappa shape index (κ3) is 3.61. The van der Waals surface area contributed by atoms with Crippen molar-refractivity contribution >= 4 is 12.0 Å². The molecular formula is C13H16N2O4. The number of amides is 2. The van der Waals surface area contributed by atoms with Crippen molar-refractivity contribution in [2.45, 2.75) is 18.9 Å². The van der Waals surface area contributed by atoms with Crippen LogP contribution in [0.1, 0.15) is 24.4 Å². The lowest BCUT2D eigenvalue weighted by Gasteiger charge is -2.12. The van der Waals surface area contributed by atoms with Crippen LogP contribution >= 0.6 is 0 Å². The van der Waals surface area contributed by atoms with Crippen LogP contribution in [0.5, 0.6) is 5.75 Å². The number of hydrogen-bond donors (Lipinski definition) is 3. The zero-order valence-electron chi connectivity index (χ0n) is 10.4. The summed E-state index contributed by atoms with van der Waals surface area (Å²) in [5.74, 6) is -0.0704. The van der Waals surface area contributed by atoms with Gasteiger partial charge in [0.2, 0.25) is 0 Å². The van der Waals surface area contributed by atoms with Gasteiger partial charge < -0.3 is 20.5 Å². The van der Waals surface area contributed by atoms with E-state index in [2.05, 4.69) is 10.6 Å². The minimum absolute atomic E-state index is 0.0512. The topological polar surface area (TPSA) is 87.7 Å². The maximum atomic E-state index is 11.6. The molecule has 0 spiro atoms. The smallest absolute Gasteiger partial charge is 0.315 e. The van der Waals surface area contributed by atoms with E-state index in [9.17, 15) is 9.59 Å². The third-order valence-corrected chi connectivity index (χ3v) is 2.86. The molecule has 1 aliphatic rings. The second-order valence-electron chi connectivity index (χ2n) is 4.30. The fourth-order valence-corrected chi connectivity index (χ4v) is 1.93. The highest BCUT2D eigenvalue weighted by molar-refractivity contribution is 5.74. The normalized spacial score (nSPS) is 16.3. The number of ether oxygens (including phenoxy) is 1. The summed E-state index contributed by atoms with van der Waals surface area (Å²) < 4.78 is 5.45. The van der Waals surface area contributed by atoms with Crippen molar-refractivity contribution in [1.29, 1.82) is 0 Å². The number of carbonyl (C=O) groups is 2. The number of hydrogen-bond acceptors (Lipinski definition) is 3. The Bertz CT molecular complexity index is 475. The fourth-order valence-electron chi connectivity index (χ4n) is 1.93. The number of aliphatic carboxylic acids is 1.